The largest absolute Gasteiger partial charge is 0.327 e. The molecule has 1 N–H and O–H groups in total. The highest BCUT2D eigenvalue weighted by molar-refractivity contribution is 7.18. The first-order chi connectivity index (χ1) is 18.2. The molecule has 2 aliphatic rings. The molecule has 3 aromatic rings. The maximum atomic E-state index is 13.3. The van der Waals surface area contributed by atoms with Crippen molar-refractivity contribution in [2.24, 2.45) is 5.92 Å². The Labute approximate surface area is 225 Å². The summed E-state index contributed by atoms with van der Waals surface area (Å²) in [5.74, 6) is -0.805. The number of thiazole rings is 1. The van der Waals surface area contributed by atoms with E-state index in [0.717, 1.165) is 54.6 Å². The predicted octanol–water partition coefficient (Wildman–Crippen LogP) is 5.68. The number of aryl methyl sites for hydroxylation is 1. The molecular weight excluding hydrogens is 508 g/mol. The number of likely N-dealkylation sites (tertiary alicyclic amines) is 2. The number of hydrogen-bond acceptors (Lipinski definition) is 6. The summed E-state index contributed by atoms with van der Waals surface area (Å²) in [5.41, 5.74) is 1.89. The Morgan fingerprint density at radius 1 is 1.13 bits per heavy atom. The van der Waals surface area contributed by atoms with Crippen LogP contribution in [0.1, 0.15) is 72.8 Å². The van der Waals surface area contributed by atoms with E-state index in [1.165, 1.54) is 24.2 Å². The third-order valence-electron chi connectivity index (χ3n) is 7.77. The van der Waals surface area contributed by atoms with E-state index in [1.54, 1.807) is 16.2 Å². The fraction of sp³-hybridized carbons (Fsp3) is 0.500. The SMILES string of the molecule is Cc1ncc(NC(=O)C(=O)N2C[C@@H](C)CC[C@@H]2c2ccc3sc(C4CCN(C)CC4)nc3c2)cc1C(F)F. The van der Waals surface area contributed by atoms with Gasteiger partial charge >= 0.3 is 11.8 Å². The summed E-state index contributed by atoms with van der Waals surface area (Å²) < 4.78 is 27.7. The van der Waals surface area contributed by atoms with Gasteiger partial charge in [0.1, 0.15) is 0 Å². The van der Waals surface area contributed by atoms with Gasteiger partial charge in [-0.1, -0.05) is 13.0 Å². The van der Waals surface area contributed by atoms with Gasteiger partial charge in [-0.2, -0.15) is 0 Å². The van der Waals surface area contributed by atoms with Gasteiger partial charge in [0.15, 0.2) is 0 Å². The summed E-state index contributed by atoms with van der Waals surface area (Å²) in [4.78, 5) is 39.2. The van der Waals surface area contributed by atoms with Crippen molar-refractivity contribution in [3.05, 3.63) is 52.3 Å². The molecule has 0 spiro atoms. The number of benzene rings is 1. The van der Waals surface area contributed by atoms with Crippen molar-refractivity contribution in [2.45, 2.75) is 57.9 Å². The summed E-state index contributed by atoms with van der Waals surface area (Å²) in [6, 6.07) is 7.09. The topological polar surface area (TPSA) is 78.4 Å². The average Bonchev–Trinajstić information content (AvgIpc) is 3.33. The Hall–Kier alpha value is -2.98. The number of hydrogen-bond donors (Lipinski definition) is 1. The van der Waals surface area contributed by atoms with Crippen molar-refractivity contribution < 1.29 is 18.4 Å². The molecule has 7 nitrogen and oxygen atoms in total. The Kier molecular flexibility index (Phi) is 7.72. The number of aromatic nitrogens is 2. The molecule has 1 aromatic carbocycles. The third-order valence-corrected chi connectivity index (χ3v) is 8.97. The van der Waals surface area contributed by atoms with Crippen LogP contribution in [-0.2, 0) is 9.59 Å². The van der Waals surface area contributed by atoms with Gasteiger partial charge in [0, 0.05) is 23.7 Å². The van der Waals surface area contributed by atoms with E-state index in [4.69, 9.17) is 4.98 Å². The Morgan fingerprint density at radius 2 is 1.89 bits per heavy atom. The van der Waals surface area contributed by atoms with E-state index in [9.17, 15) is 18.4 Å². The lowest BCUT2D eigenvalue weighted by molar-refractivity contribution is -0.146. The van der Waals surface area contributed by atoms with E-state index in [2.05, 4.69) is 41.3 Å². The first-order valence-electron chi connectivity index (χ1n) is 13.1. The fourth-order valence-corrected chi connectivity index (χ4v) is 6.59. The number of alkyl halides is 2. The highest BCUT2D eigenvalue weighted by atomic mass is 32.1. The van der Waals surface area contributed by atoms with Crippen LogP contribution >= 0.6 is 11.3 Å². The zero-order chi connectivity index (χ0) is 27.0. The fourth-order valence-electron chi connectivity index (χ4n) is 5.48. The number of anilines is 1. The minimum Gasteiger partial charge on any atom is -0.327 e. The lowest BCUT2D eigenvalue weighted by Crippen LogP contribution is -2.46. The highest BCUT2D eigenvalue weighted by Gasteiger charge is 2.35. The smallest absolute Gasteiger partial charge is 0.313 e. The van der Waals surface area contributed by atoms with E-state index >= 15 is 0 Å². The van der Waals surface area contributed by atoms with E-state index in [1.807, 2.05) is 6.07 Å². The molecule has 0 bridgehead atoms. The van der Waals surface area contributed by atoms with Gasteiger partial charge in [-0.05, 0) is 82.4 Å². The summed E-state index contributed by atoms with van der Waals surface area (Å²) in [6.07, 6.45) is 2.46. The van der Waals surface area contributed by atoms with Gasteiger partial charge in [-0.25, -0.2) is 13.8 Å². The standard InChI is InChI=1S/C28H33F2N5O2S/c1-16-4-6-23(19-5-7-24-22(12-19)33-27(38-24)18-8-10-34(3)11-9-18)35(15-16)28(37)26(36)32-20-13-21(25(29)30)17(2)31-14-20/h5,7,12-14,16,18,23,25H,4,6,8-11,15H2,1-3H3,(H,32,36)/t16-,23+/m0/s1. The van der Waals surface area contributed by atoms with E-state index in [-0.39, 0.29) is 28.9 Å². The molecule has 0 aliphatic carbocycles. The molecule has 202 valence electrons. The van der Waals surface area contributed by atoms with E-state index < -0.39 is 18.2 Å². The van der Waals surface area contributed by atoms with Crippen molar-refractivity contribution in [1.82, 2.24) is 19.8 Å². The molecule has 2 saturated heterocycles. The second-order valence-electron chi connectivity index (χ2n) is 10.7. The normalized spacial score (nSPS) is 21.3. The molecule has 5 rings (SSSR count). The number of fused-ring (bicyclic) bond motifs is 1. The second kappa shape index (κ2) is 11.0. The van der Waals surface area contributed by atoms with Crippen LogP contribution in [0, 0.1) is 12.8 Å². The van der Waals surface area contributed by atoms with Crippen molar-refractivity contribution in [3.63, 3.8) is 0 Å². The molecule has 2 atom stereocenters. The number of nitrogens with zero attached hydrogens (tertiary/aromatic N) is 4. The Bertz CT molecular complexity index is 1340. The van der Waals surface area contributed by atoms with Crippen LogP contribution in [0.5, 0.6) is 0 Å². The number of carbonyl (C=O) groups is 2. The van der Waals surface area contributed by atoms with Gasteiger partial charge in [0.2, 0.25) is 0 Å². The lowest BCUT2D eigenvalue weighted by atomic mass is 9.89. The Morgan fingerprint density at radius 3 is 2.63 bits per heavy atom. The number of carbonyl (C=O) groups excluding carboxylic acids is 2. The van der Waals surface area contributed by atoms with Crippen molar-refractivity contribution in [3.8, 4) is 0 Å². The predicted molar refractivity (Wildman–Crippen MR) is 145 cm³/mol. The molecule has 0 radical (unpaired) electrons. The molecule has 2 aliphatic heterocycles. The quantitative estimate of drug-likeness (QED) is 0.430. The zero-order valence-corrected chi connectivity index (χ0v) is 22.7. The van der Waals surface area contributed by atoms with Crippen LogP contribution in [0.15, 0.2) is 30.5 Å². The molecule has 2 amide bonds. The first-order valence-corrected chi connectivity index (χ1v) is 14.0. The summed E-state index contributed by atoms with van der Waals surface area (Å²) in [7, 11) is 2.15. The number of pyridine rings is 1. The number of halogens is 2. The number of rotatable bonds is 4. The van der Waals surface area contributed by atoms with Gasteiger partial charge < -0.3 is 15.1 Å². The van der Waals surface area contributed by atoms with Crippen LogP contribution in [0.25, 0.3) is 10.2 Å². The zero-order valence-electron chi connectivity index (χ0n) is 21.9. The minimum atomic E-state index is -2.72. The van der Waals surface area contributed by atoms with Crippen molar-refractivity contribution >= 4 is 39.1 Å². The number of nitrogens with one attached hydrogen (secondary N) is 1. The third kappa shape index (κ3) is 5.56. The van der Waals surface area contributed by atoms with Crippen molar-refractivity contribution in [1.29, 1.82) is 0 Å². The molecule has 10 heteroatoms. The lowest BCUT2D eigenvalue weighted by Gasteiger charge is -2.38. The maximum Gasteiger partial charge on any atom is 0.313 e. The molecular formula is C28H33F2N5O2S. The van der Waals surface area contributed by atoms with Gasteiger partial charge in [0.05, 0.1) is 33.2 Å². The maximum absolute atomic E-state index is 13.3. The first kappa shape index (κ1) is 26.6. The van der Waals surface area contributed by atoms with Gasteiger partial charge in [0.25, 0.3) is 6.43 Å². The minimum absolute atomic E-state index is 0.0798. The van der Waals surface area contributed by atoms with Crippen LogP contribution in [-0.4, -0.2) is 58.3 Å². The molecule has 4 heterocycles. The monoisotopic (exact) mass is 541 g/mol. The summed E-state index contributed by atoms with van der Waals surface area (Å²) in [5, 5.41) is 3.65. The van der Waals surface area contributed by atoms with Crippen LogP contribution in [0.2, 0.25) is 0 Å². The molecule has 2 fully saturated rings. The molecule has 2 aromatic heterocycles. The Balaban J connectivity index is 1.36. The van der Waals surface area contributed by atoms with Crippen LogP contribution in [0.4, 0.5) is 14.5 Å². The van der Waals surface area contributed by atoms with E-state index in [0.29, 0.717) is 12.5 Å². The molecule has 38 heavy (non-hydrogen) atoms. The van der Waals surface area contributed by atoms with Crippen LogP contribution < -0.4 is 5.32 Å². The molecule has 0 saturated carbocycles. The number of piperidine rings is 2. The highest BCUT2D eigenvalue weighted by Crippen LogP contribution is 2.38. The van der Waals surface area contributed by atoms with Gasteiger partial charge in [-0.15, -0.1) is 11.3 Å². The number of amides is 2. The molecule has 0 unspecified atom stereocenters. The van der Waals surface area contributed by atoms with Crippen molar-refractivity contribution in [2.75, 3.05) is 32.0 Å². The van der Waals surface area contributed by atoms with Gasteiger partial charge in [-0.3, -0.25) is 14.6 Å². The summed E-state index contributed by atoms with van der Waals surface area (Å²) in [6.45, 7) is 6.14. The summed E-state index contributed by atoms with van der Waals surface area (Å²) >= 11 is 1.74. The average molecular weight is 542 g/mol. The second-order valence-corrected chi connectivity index (χ2v) is 11.7. The van der Waals surface area contributed by atoms with Crippen LogP contribution in [0.3, 0.4) is 0 Å².